The minimum atomic E-state index is -0.520. The number of hydrogen-bond donors (Lipinski definition) is 1. The minimum Gasteiger partial charge on any atom is -0.379 e. The number of nitrogens with one attached hydrogen (secondary N) is 1. The van der Waals surface area contributed by atoms with E-state index in [1.54, 1.807) is 11.3 Å². The number of carbonyl (C=O) groups is 1. The summed E-state index contributed by atoms with van der Waals surface area (Å²) in [6, 6.07) is 9.29. The zero-order chi connectivity index (χ0) is 25.9. The fourth-order valence-corrected chi connectivity index (χ4v) is 6.15. The summed E-state index contributed by atoms with van der Waals surface area (Å²) in [7, 11) is 0. The van der Waals surface area contributed by atoms with Crippen LogP contribution in [0.25, 0.3) is 5.00 Å². The maximum Gasteiger partial charge on any atom is 0.222 e. The molecular formula is C26H28ClN7O2S. The summed E-state index contributed by atoms with van der Waals surface area (Å²) in [5.41, 5.74) is 3.60. The number of amides is 1. The molecule has 0 radical (unpaired) electrons. The third-order valence-corrected chi connectivity index (χ3v) is 8.22. The number of thiophene rings is 1. The largest absolute Gasteiger partial charge is 0.379 e. The molecule has 11 heteroatoms. The molecule has 1 amide bonds. The lowest BCUT2D eigenvalue weighted by Crippen LogP contribution is -2.41. The van der Waals surface area contributed by atoms with Crippen molar-refractivity contribution in [1.82, 2.24) is 25.0 Å². The maximum absolute atomic E-state index is 13.1. The number of fused-ring (bicyclic) bond motifs is 3. The molecular weight excluding hydrogens is 510 g/mol. The zero-order valence-corrected chi connectivity index (χ0v) is 22.4. The standard InChI is InChI=1S/C26H28ClN7O2S/c1-16-21(7-8-28)37-26-23(16)24(18-3-5-19(27)6-4-18)30-20(25-32-31-17(2)34(25)26)15-22(35)29-9-10-33-11-13-36-14-12-33/h3-6,20H,7,9-15H2,1-2H3,(H,29,35)/t20-/m0/s1. The van der Waals surface area contributed by atoms with Crippen molar-refractivity contribution >= 4 is 34.6 Å². The Balaban J connectivity index is 1.49. The van der Waals surface area contributed by atoms with Gasteiger partial charge < -0.3 is 10.1 Å². The molecule has 2 aromatic heterocycles. The van der Waals surface area contributed by atoms with Gasteiger partial charge in [-0.15, -0.1) is 21.5 Å². The van der Waals surface area contributed by atoms with Crippen LogP contribution in [0.5, 0.6) is 0 Å². The molecule has 1 fully saturated rings. The first-order valence-corrected chi connectivity index (χ1v) is 13.5. The number of hydrogen-bond acceptors (Lipinski definition) is 8. The number of aryl methyl sites for hydroxylation is 1. The van der Waals surface area contributed by atoms with E-state index in [1.165, 1.54) is 0 Å². The molecule has 0 aliphatic carbocycles. The quantitative estimate of drug-likeness (QED) is 0.495. The molecule has 192 valence electrons. The number of aromatic nitrogens is 3. The van der Waals surface area contributed by atoms with Crippen LogP contribution in [0.15, 0.2) is 29.3 Å². The summed E-state index contributed by atoms with van der Waals surface area (Å²) in [5.74, 6) is 1.25. The summed E-state index contributed by atoms with van der Waals surface area (Å²) >= 11 is 7.73. The lowest BCUT2D eigenvalue weighted by atomic mass is 9.99. The van der Waals surface area contributed by atoms with E-state index in [9.17, 15) is 10.1 Å². The summed E-state index contributed by atoms with van der Waals surface area (Å²) in [5, 5.41) is 22.8. The van der Waals surface area contributed by atoms with Gasteiger partial charge in [0.25, 0.3) is 0 Å². The van der Waals surface area contributed by atoms with E-state index in [4.69, 9.17) is 21.3 Å². The average Bonchev–Trinajstić information content (AvgIpc) is 3.38. The number of aliphatic imine (C=N–C) groups is 1. The van der Waals surface area contributed by atoms with Crippen molar-refractivity contribution in [2.75, 3.05) is 39.4 Å². The smallest absolute Gasteiger partial charge is 0.222 e. The highest BCUT2D eigenvalue weighted by Crippen LogP contribution is 2.40. The van der Waals surface area contributed by atoms with E-state index in [0.717, 1.165) is 65.1 Å². The number of halogens is 1. The second-order valence-electron chi connectivity index (χ2n) is 9.11. The van der Waals surface area contributed by atoms with Gasteiger partial charge in [-0.3, -0.25) is 19.3 Å². The number of morpholine rings is 1. The van der Waals surface area contributed by atoms with Crippen molar-refractivity contribution in [1.29, 1.82) is 5.26 Å². The molecule has 1 saturated heterocycles. The van der Waals surface area contributed by atoms with Crippen LogP contribution in [0.2, 0.25) is 5.02 Å². The van der Waals surface area contributed by atoms with E-state index in [2.05, 4.69) is 26.5 Å². The Morgan fingerprint density at radius 3 is 2.73 bits per heavy atom. The maximum atomic E-state index is 13.1. The zero-order valence-electron chi connectivity index (χ0n) is 20.8. The van der Waals surface area contributed by atoms with Gasteiger partial charge in [-0.2, -0.15) is 5.26 Å². The molecule has 1 N–H and O–H groups in total. The molecule has 3 aromatic rings. The second-order valence-corrected chi connectivity index (χ2v) is 10.6. The van der Waals surface area contributed by atoms with E-state index in [1.807, 2.05) is 42.7 Å². The van der Waals surface area contributed by atoms with Gasteiger partial charge in [-0.1, -0.05) is 23.7 Å². The Bertz CT molecular complexity index is 1370. The number of nitrogens with zero attached hydrogens (tertiary/aromatic N) is 6. The van der Waals surface area contributed by atoms with Crippen molar-refractivity contribution in [3.8, 4) is 11.1 Å². The van der Waals surface area contributed by atoms with Gasteiger partial charge in [-0.05, 0) is 31.5 Å². The number of carbonyl (C=O) groups excluding carboxylic acids is 1. The first-order valence-electron chi connectivity index (χ1n) is 12.3. The van der Waals surface area contributed by atoms with Crippen molar-refractivity contribution in [2.45, 2.75) is 32.7 Å². The van der Waals surface area contributed by atoms with E-state index < -0.39 is 6.04 Å². The van der Waals surface area contributed by atoms with Crippen molar-refractivity contribution in [3.63, 3.8) is 0 Å². The number of ether oxygens (including phenoxy) is 1. The predicted molar refractivity (Wildman–Crippen MR) is 143 cm³/mol. The van der Waals surface area contributed by atoms with Gasteiger partial charge in [0.2, 0.25) is 5.91 Å². The Hall–Kier alpha value is -3.10. The molecule has 5 rings (SSSR count). The molecule has 9 nitrogen and oxygen atoms in total. The predicted octanol–water partition coefficient (Wildman–Crippen LogP) is 3.40. The van der Waals surface area contributed by atoms with Crippen LogP contribution < -0.4 is 5.32 Å². The van der Waals surface area contributed by atoms with Gasteiger partial charge in [0.05, 0.1) is 37.8 Å². The molecule has 0 spiro atoms. The Morgan fingerprint density at radius 1 is 1.24 bits per heavy atom. The molecule has 1 atom stereocenters. The summed E-state index contributed by atoms with van der Waals surface area (Å²) < 4.78 is 7.39. The van der Waals surface area contributed by atoms with Crippen LogP contribution in [0.4, 0.5) is 0 Å². The van der Waals surface area contributed by atoms with Crippen LogP contribution in [0, 0.1) is 25.2 Å². The van der Waals surface area contributed by atoms with Gasteiger partial charge >= 0.3 is 0 Å². The number of benzene rings is 1. The van der Waals surface area contributed by atoms with E-state index >= 15 is 0 Å². The molecule has 37 heavy (non-hydrogen) atoms. The van der Waals surface area contributed by atoms with Crippen molar-refractivity contribution in [2.24, 2.45) is 4.99 Å². The lowest BCUT2D eigenvalue weighted by Gasteiger charge is -2.26. The minimum absolute atomic E-state index is 0.0863. The van der Waals surface area contributed by atoms with E-state index in [-0.39, 0.29) is 12.3 Å². The summed E-state index contributed by atoms with van der Waals surface area (Å²) in [6.07, 6.45) is 0.459. The summed E-state index contributed by atoms with van der Waals surface area (Å²) in [4.78, 5) is 21.4. The van der Waals surface area contributed by atoms with Crippen LogP contribution in [0.1, 0.15) is 45.7 Å². The molecule has 2 aliphatic rings. The fraction of sp³-hybridized carbons (Fsp3) is 0.423. The average molecular weight is 538 g/mol. The normalized spacial score (nSPS) is 17.4. The van der Waals surface area contributed by atoms with Crippen LogP contribution in [-0.2, 0) is 16.0 Å². The highest BCUT2D eigenvalue weighted by Gasteiger charge is 2.32. The fourth-order valence-electron chi connectivity index (χ4n) is 4.73. The van der Waals surface area contributed by atoms with Crippen LogP contribution in [0.3, 0.4) is 0 Å². The monoisotopic (exact) mass is 537 g/mol. The first-order chi connectivity index (χ1) is 18.0. The van der Waals surface area contributed by atoms with Gasteiger partial charge in [0.1, 0.15) is 16.9 Å². The van der Waals surface area contributed by atoms with Crippen molar-refractivity contribution in [3.05, 3.63) is 62.5 Å². The molecule has 4 heterocycles. The van der Waals surface area contributed by atoms with Crippen LogP contribution >= 0.6 is 22.9 Å². The third kappa shape index (κ3) is 5.31. The Morgan fingerprint density at radius 2 is 2.00 bits per heavy atom. The topological polar surface area (TPSA) is 108 Å². The van der Waals surface area contributed by atoms with Gasteiger partial charge in [0, 0.05) is 47.2 Å². The van der Waals surface area contributed by atoms with Gasteiger partial charge in [-0.25, -0.2) is 0 Å². The van der Waals surface area contributed by atoms with Gasteiger partial charge in [0.15, 0.2) is 5.82 Å². The third-order valence-electron chi connectivity index (χ3n) is 6.69. The Kier molecular flexibility index (Phi) is 7.67. The summed E-state index contributed by atoms with van der Waals surface area (Å²) in [6.45, 7) is 8.48. The second kappa shape index (κ2) is 11.1. The number of rotatable bonds is 7. The highest BCUT2D eigenvalue weighted by molar-refractivity contribution is 7.15. The van der Waals surface area contributed by atoms with Crippen molar-refractivity contribution < 1.29 is 9.53 Å². The lowest BCUT2D eigenvalue weighted by molar-refractivity contribution is -0.121. The Labute approximate surface area is 224 Å². The molecule has 0 unspecified atom stereocenters. The molecule has 0 saturated carbocycles. The number of nitriles is 1. The highest BCUT2D eigenvalue weighted by atomic mass is 35.5. The first kappa shape index (κ1) is 25.5. The molecule has 2 aliphatic heterocycles. The molecule has 0 bridgehead atoms. The molecule has 1 aromatic carbocycles. The van der Waals surface area contributed by atoms with E-state index in [0.29, 0.717) is 29.6 Å². The van der Waals surface area contributed by atoms with Crippen LogP contribution in [-0.4, -0.2) is 70.7 Å². The SMILES string of the molecule is Cc1c(CC#N)sc2c1C(c1ccc(Cl)cc1)=N[C@@H](CC(=O)NCCN1CCOCC1)c1nnc(C)n1-2.